The highest BCUT2D eigenvalue weighted by Crippen LogP contribution is 2.29. The molecule has 3 rings (SSSR count). The fraction of sp³-hybridized carbons (Fsp3) is 0.214. The molecule has 3 amide bonds. The van der Waals surface area contributed by atoms with E-state index in [1.54, 1.807) is 11.1 Å². The zero-order valence-corrected chi connectivity index (χ0v) is 12.4. The number of hydrogen-bond acceptors (Lipinski definition) is 3. The molecule has 1 N–H and O–H groups in total. The van der Waals surface area contributed by atoms with Gasteiger partial charge in [0.1, 0.15) is 0 Å². The molecule has 1 aliphatic heterocycles. The fourth-order valence-corrected chi connectivity index (χ4v) is 2.71. The van der Waals surface area contributed by atoms with Crippen molar-refractivity contribution >= 4 is 44.5 Å². The summed E-state index contributed by atoms with van der Waals surface area (Å²) in [6.45, 7) is 2.34. The molecular weight excluding hydrogens is 322 g/mol. The second kappa shape index (κ2) is 4.86. The summed E-state index contributed by atoms with van der Waals surface area (Å²) in [5, 5.41) is 3.31. The number of aryl methyl sites for hydroxylation is 1. The second-order valence-corrected chi connectivity index (χ2v) is 5.60. The van der Waals surface area contributed by atoms with Crippen molar-refractivity contribution in [3.63, 3.8) is 0 Å². The number of aromatic nitrogens is 1. The first-order valence-electron chi connectivity index (χ1n) is 6.22. The minimum Gasteiger partial charge on any atom is -0.292 e. The highest BCUT2D eigenvalue weighted by atomic mass is 79.9. The van der Waals surface area contributed by atoms with E-state index in [-0.39, 0.29) is 11.9 Å². The van der Waals surface area contributed by atoms with Crippen LogP contribution in [0.1, 0.15) is 12.0 Å². The fourth-order valence-electron chi connectivity index (χ4n) is 2.35. The quantitative estimate of drug-likeness (QED) is 0.872. The van der Waals surface area contributed by atoms with Crippen molar-refractivity contribution in [2.24, 2.45) is 0 Å². The summed E-state index contributed by atoms with van der Waals surface area (Å²) in [7, 11) is 0. The Morgan fingerprint density at radius 2 is 2.15 bits per heavy atom. The Hall–Kier alpha value is -1.95. The van der Waals surface area contributed by atoms with Crippen LogP contribution in [0.4, 0.5) is 10.5 Å². The van der Waals surface area contributed by atoms with E-state index in [1.165, 1.54) is 0 Å². The van der Waals surface area contributed by atoms with Crippen molar-refractivity contribution in [3.05, 3.63) is 34.4 Å². The van der Waals surface area contributed by atoms with E-state index in [0.29, 0.717) is 13.0 Å². The molecule has 5 nitrogen and oxygen atoms in total. The lowest BCUT2D eigenvalue weighted by Crippen LogP contribution is -2.49. The van der Waals surface area contributed by atoms with E-state index >= 15 is 0 Å². The molecule has 1 fully saturated rings. The van der Waals surface area contributed by atoms with Gasteiger partial charge in [0, 0.05) is 22.8 Å². The van der Waals surface area contributed by atoms with Gasteiger partial charge >= 0.3 is 6.03 Å². The zero-order chi connectivity index (χ0) is 14.3. The summed E-state index contributed by atoms with van der Waals surface area (Å²) in [6, 6.07) is 5.45. The number of fused-ring (bicyclic) bond motifs is 1. The zero-order valence-electron chi connectivity index (χ0n) is 10.8. The summed E-state index contributed by atoms with van der Waals surface area (Å²) < 4.78 is 0.963. The number of nitrogens with zero attached hydrogens (tertiary/aromatic N) is 2. The third-order valence-electron chi connectivity index (χ3n) is 3.42. The molecular formula is C14H12BrN3O2. The maximum Gasteiger partial charge on any atom is 0.328 e. The van der Waals surface area contributed by atoms with Crippen LogP contribution in [0.25, 0.3) is 10.9 Å². The van der Waals surface area contributed by atoms with Gasteiger partial charge in [0.05, 0.1) is 17.4 Å². The molecule has 1 saturated heterocycles. The van der Waals surface area contributed by atoms with Crippen LogP contribution in [0.3, 0.4) is 0 Å². The first kappa shape index (κ1) is 13.1. The molecule has 0 spiro atoms. The third kappa shape index (κ3) is 2.16. The minimum absolute atomic E-state index is 0.236. The van der Waals surface area contributed by atoms with Gasteiger partial charge in [-0.05, 0) is 30.7 Å². The number of rotatable bonds is 1. The van der Waals surface area contributed by atoms with Crippen LogP contribution in [0.5, 0.6) is 0 Å². The van der Waals surface area contributed by atoms with Crippen LogP contribution in [-0.2, 0) is 4.79 Å². The lowest BCUT2D eigenvalue weighted by molar-refractivity contribution is -0.120. The highest BCUT2D eigenvalue weighted by molar-refractivity contribution is 9.10. The van der Waals surface area contributed by atoms with Crippen molar-refractivity contribution in [1.82, 2.24) is 10.3 Å². The van der Waals surface area contributed by atoms with Crippen LogP contribution in [0.15, 0.2) is 28.9 Å². The van der Waals surface area contributed by atoms with Gasteiger partial charge in [0.2, 0.25) is 5.91 Å². The number of nitrogens with one attached hydrogen (secondary N) is 1. The van der Waals surface area contributed by atoms with Gasteiger partial charge in [-0.3, -0.25) is 20.0 Å². The maximum absolute atomic E-state index is 11.9. The first-order chi connectivity index (χ1) is 9.56. The number of urea groups is 1. The largest absolute Gasteiger partial charge is 0.328 e. The van der Waals surface area contributed by atoms with Crippen molar-refractivity contribution in [2.75, 3.05) is 11.4 Å². The molecule has 2 heterocycles. The summed E-state index contributed by atoms with van der Waals surface area (Å²) in [4.78, 5) is 29.1. The van der Waals surface area contributed by atoms with Crippen LogP contribution >= 0.6 is 15.9 Å². The summed E-state index contributed by atoms with van der Waals surface area (Å²) in [6.07, 6.45) is 1.99. The third-order valence-corrected chi connectivity index (χ3v) is 3.91. The minimum atomic E-state index is -0.388. The van der Waals surface area contributed by atoms with Crippen molar-refractivity contribution in [2.45, 2.75) is 13.3 Å². The molecule has 20 heavy (non-hydrogen) atoms. The molecule has 2 aromatic rings. The molecule has 1 aromatic heterocycles. The summed E-state index contributed by atoms with van der Waals surface area (Å²) in [5.74, 6) is -0.236. The van der Waals surface area contributed by atoms with Gasteiger partial charge in [-0.25, -0.2) is 4.79 Å². The summed E-state index contributed by atoms with van der Waals surface area (Å²) in [5.41, 5.74) is 2.59. The maximum atomic E-state index is 11.9. The monoisotopic (exact) mass is 333 g/mol. The van der Waals surface area contributed by atoms with Crippen LogP contribution in [0.2, 0.25) is 0 Å². The Morgan fingerprint density at radius 3 is 2.90 bits per heavy atom. The Kier molecular flexibility index (Phi) is 3.17. The Labute approximate surface area is 124 Å². The molecule has 1 aliphatic rings. The first-order valence-corrected chi connectivity index (χ1v) is 7.02. The van der Waals surface area contributed by atoms with E-state index < -0.39 is 0 Å². The van der Waals surface area contributed by atoms with E-state index in [0.717, 1.165) is 26.6 Å². The van der Waals surface area contributed by atoms with Crippen molar-refractivity contribution < 1.29 is 9.59 Å². The predicted octanol–water partition coefficient (Wildman–Crippen LogP) is 2.75. The van der Waals surface area contributed by atoms with Crippen molar-refractivity contribution in [3.8, 4) is 0 Å². The second-order valence-electron chi connectivity index (χ2n) is 4.68. The van der Waals surface area contributed by atoms with E-state index in [9.17, 15) is 9.59 Å². The van der Waals surface area contributed by atoms with Gasteiger partial charge in [-0.1, -0.05) is 15.9 Å². The molecule has 0 aliphatic carbocycles. The van der Waals surface area contributed by atoms with E-state index in [1.807, 2.05) is 25.1 Å². The van der Waals surface area contributed by atoms with Crippen LogP contribution in [0, 0.1) is 6.92 Å². The van der Waals surface area contributed by atoms with E-state index in [4.69, 9.17) is 0 Å². The van der Waals surface area contributed by atoms with Crippen LogP contribution < -0.4 is 10.2 Å². The highest BCUT2D eigenvalue weighted by Gasteiger charge is 2.26. The Balaban J connectivity index is 2.10. The normalized spacial score (nSPS) is 15.6. The van der Waals surface area contributed by atoms with Crippen molar-refractivity contribution in [1.29, 1.82) is 0 Å². The predicted molar refractivity (Wildman–Crippen MR) is 79.7 cm³/mol. The number of hydrogen-bond donors (Lipinski definition) is 1. The Bertz CT molecular complexity index is 730. The topological polar surface area (TPSA) is 62.3 Å². The lowest BCUT2D eigenvalue weighted by Gasteiger charge is -2.27. The number of amides is 3. The van der Waals surface area contributed by atoms with Gasteiger partial charge in [-0.15, -0.1) is 0 Å². The van der Waals surface area contributed by atoms with Gasteiger partial charge < -0.3 is 0 Å². The van der Waals surface area contributed by atoms with Gasteiger partial charge in [0.15, 0.2) is 0 Å². The number of anilines is 1. The number of imide groups is 1. The number of pyridine rings is 1. The number of benzene rings is 1. The summed E-state index contributed by atoms with van der Waals surface area (Å²) >= 11 is 3.44. The number of halogens is 1. The molecule has 0 unspecified atom stereocenters. The van der Waals surface area contributed by atoms with E-state index in [2.05, 4.69) is 26.2 Å². The molecule has 102 valence electrons. The molecule has 0 bridgehead atoms. The molecule has 0 saturated carbocycles. The van der Waals surface area contributed by atoms with Crippen LogP contribution in [-0.4, -0.2) is 23.5 Å². The smallest absolute Gasteiger partial charge is 0.292 e. The van der Waals surface area contributed by atoms with Gasteiger partial charge in [-0.2, -0.15) is 0 Å². The lowest BCUT2D eigenvalue weighted by atomic mass is 10.1. The molecule has 0 atom stereocenters. The molecule has 1 aromatic carbocycles. The standard InChI is InChI=1S/C14H12BrN3O2/c1-8-10-6-9(15)2-3-11(10)16-7-12(8)18-5-4-13(19)17-14(18)20/h2-3,6-7H,4-5H2,1H3,(H,17,19,20). The SMILES string of the molecule is Cc1c(N2CCC(=O)NC2=O)cnc2ccc(Br)cc12. The Morgan fingerprint density at radius 1 is 1.35 bits per heavy atom. The number of carbonyl (C=O) groups is 2. The molecule has 6 heteroatoms. The average Bonchev–Trinajstić information content (AvgIpc) is 2.41. The number of carbonyl (C=O) groups excluding carboxylic acids is 2. The average molecular weight is 334 g/mol. The molecule has 0 radical (unpaired) electrons. The van der Waals surface area contributed by atoms with Gasteiger partial charge in [0.25, 0.3) is 0 Å².